The molecule has 156 valence electrons. The third-order valence-electron chi connectivity index (χ3n) is 3.89. The molecule has 1 rings (SSSR count). The van der Waals surface area contributed by atoms with Crippen LogP contribution in [-0.2, 0) is 32.1 Å². The van der Waals surface area contributed by atoms with E-state index in [1.54, 1.807) is 13.8 Å². The van der Waals surface area contributed by atoms with Gasteiger partial charge in [-0.2, -0.15) is 26.3 Å². The van der Waals surface area contributed by atoms with Crippen molar-refractivity contribution >= 4 is 8.80 Å². The summed E-state index contributed by atoms with van der Waals surface area (Å²) in [5.41, 5.74) is -2.59. The molecule has 0 aromatic heterocycles. The topological polar surface area (TPSA) is 27.7 Å². The minimum atomic E-state index is -4.84. The average Bonchev–Trinajstić information content (AvgIpc) is 2.57. The second kappa shape index (κ2) is 9.90. The summed E-state index contributed by atoms with van der Waals surface area (Å²) in [4.78, 5) is 0. The molecule has 0 N–H and O–H groups in total. The van der Waals surface area contributed by atoms with Gasteiger partial charge in [-0.05, 0) is 56.9 Å². The molecule has 0 aliphatic rings. The standard InChI is InChI=1S/C17H24F6O3Si/c1-4-25-27(24-3,26-5-2)9-7-6-8-13-10-14(16(18,19)20)12-15(11-13)17(21,22)23/h10-12H,4-9H2,1-3H3. The highest BCUT2D eigenvalue weighted by molar-refractivity contribution is 6.60. The lowest BCUT2D eigenvalue weighted by molar-refractivity contribution is -0.143. The quantitative estimate of drug-likeness (QED) is 0.277. The Kier molecular flexibility index (Phi) is 8.78. The van der Waals surface area contributed by atoms with Crippen molar-refractivity contribution in [3.63, 3.8) is 0 Å². The SMILES string of the molecule is CCO[Si](CCCCc1cc(C(F)(F)F)cc(C(F)(F)F)c1)(OC)OCC. The molecule has 0 unspecified atom stereocenters. The lowest BCUT2D eigenvalue weighted by atomic mass is 10.0. The van der Waals surface area contributed by atoms with Crippen molar-refractivity contribution in [2.75, 3.05) is 20.3 Å². The van der Waals surface area contributed by atoms with Crippen molar-refractivity contribution in [1.82, 2.24) is 0 Å². The molecule has 0 fully saturated rings. The number of halogens is 6. The molecular formula is C17H24F6O3Si. The summed E-state index contributed by atoms with van der Waals surface area (Å²) in [7, 11) is -1.38. The minimum absolute atomic E-state index is 0.00495. The van der Waals surface area contributed by atoms with Crippen molar-refractivity contribution in [3.8, 4) is 0 Å². The maximum atomic E-state index is 12.9. The molecule has 0 saturated heterocycles. The summed E-state index contributed by atoms with van der Waals surface area (Å²) in [6.45, 7) is 4.37. The fourth-order valence-corrected chi connectivity index (χ4v) is 5.05. The lowest BCUT2D eigenvalue weighted by Gasteiger charge is -2.27. The van der Waals surface area contributed by atoms with Gasteiger partial charge >= 0.3 is 21.2 Å². The van der Waals surface area contributed by atoms with Gasteiger partial charge in [0.1, 0.15) is 0 Å². The fourth-order valence-electron chi connectivity index (χ4n) is 2.68. The number of alkyl halides is 6. The van der Waals surface area contributed by atoms with Crippen molar-refractivity contribution in [2.24, 2.45) is 0 Å². The minimum Gasteiger partial charge on any atom is -0.377 e. The second-order valence-electron chi connectivity index (χ2n) is 5.87. The zero-order valence-electron chi connectivity index (χ0n) is 15.5. The number of aryl methyl sites for hydroxylation is 1. The van der Waals surface area contributed by atoms with Crippen LogP contribution in [0.15, 0.2) is 18.2 Å². The van der Waals surface area contributed by atoms with Crippen LogP contribution in [0.2, 0.25) is 6.04 Å². The first-order valence-corrected chi connectivity index (χ1v) is 10.5. The molecule has 10 heteroatoms. The second-order valence-corrected chi connectivity index (χ2v) is 8.73. The smallest absolute Gasteiger partial charge is 0.377 e. The summed E-state index contributed by atoms with van der Waals surface area (Å²) in [6.07, 6.45) is -8.70. The molecule has 0 amide bonds. The van der Waals surface area contributed by atoms with Crippen LogP contribution in [0.3, 0.4) is 0 Å². The van der Waals surface area contributed by atoms with E-state index in [1.807, 2.05) is 0 Å². The van der Waals surface area contributed by atoms with E-state index in [-0.39, 0.29) is 18.1 Å². The maximum absolute atomic E-state index is 12.9. The molecular weight excluding hydrogens is 394 g/mol. The van der Waals surface area contributed by atoms with E-state index < -0.39 is 32.3 Å². The van der Waals surface area contributed by atoms with Gasteiger partial charge in [-0.15, -0.1) is 0 Å². The predicted molar refractivity (Wildman–Crippen MR) is 90.2 cm³/mol. The molecule has 1 aromatic carbocycles. The molecule has 1 aromatic rings. The van der Waals surface area contributed by atoms with Crippen LogP contribution in [0.1, 0.15) is 43.4 Å². The van der Waals surface area contributed by atoms with Crippen LogP contribution in [0.25, 0.3) is 0 Å². The van der Waals surface area contributed by atoms with E-state index in [0.717, 1.165) is 12.1 Å². The third kappa shape index (κ3) is 7.44. The van der Waals surface area contributed by atoms with Gasteiger partial charge in [-0.1, -0.05) is 0 Å². The van der Waals surface area contributed by atoms with Gasteiger partial charge < -0.3 is 13.3 Å². The van der Waals surface area contributed by atoms with Gasteiger partial charge in [0, 0.05) is 26.4 Å². The Bertz CT molecular complexity index is 551. The molecule has 0 spiro atoms. The first-order valence-electron chi connectivity index (χ1n) is 8.59. The summed E-state index contributed by atoms with van der Waals surface area (Å²) in [6, 6.07) is 2.11. The van der Waals surface area contributed by atoms with Gasteiger partial charge in [0.05, 0.1) is 11.1 Å². The lowest BCUT2D eigenvalue weighted by Crippen LogP contribution is -2.44. The van der Waals surface area contributed by atoms with Crippen molar-refractivity contribution in [1.29, 1.82) is 0 Å². The van der Waals surface area contributed by atoms with Crippen LogP contribution in [0, 0.1) is 0 Å². The zero-order chi connectivity index (χ0) is 20.7. The number of benzene rings is 1. The van der Waals surface area contributed by atoms with Gasteiger partial charge in [-0.3, -0.25) is 0 Å². The normalized spacial score (nSPS) is 13.2. The number of hydrogen-bond donors (Lipinski definition) is 0. The Labute approximate surface area is 156 Å². The Balaban J connectivity index is 2.84. The Morgan fingerprint density at radius 3 is 1.67 bits per heavy atom. The molecule has 3 nitrogen and oxygen atoms in total. The molecule has 0 aliphatic heterocycles. The highest BCUT2D eigenvalue weighted by atomic mass is 28.4. The molecule has 0 aliphatic carbocycles. The van der Waals surface area contributed by atoms with Crippen LogP contribution in [0.4, 0.5) is 26.3 Å². The van der Waals surface area contributed by atoms with E-state index in [0.29, 0.717) is 32.1 Å². The molecule has 0 bridgehead atoms. The molecule has 0 saturated carbocycles. The number of hydrogen-bond acceptors (Lipinski definition) is 3. The molecule has 0 heterocycles. The van der Waals surface area contributed by atoms with Gasteiger partial charge in [0.25, 0.3) is 0 Å². The largest absolute Gasteiger partial charge is 0.500 e. The first kappa shape index (κ1) is 23.9. The van der Waals surface area contributed by atoms with Crippen LogP contribution < -0.4 is 0 Å². The summed E-state index contributed by atoms with van der Waals surface area (Å²) < 4.78 is 93.9. The van der Waals surface area contributed by atoms with E-state index in [1.165, 1.54) is 7.11 Å². The Morgan fingerprint density at radius 2 is 1.30 bits per heavy atom. The summed E-state index contributed by atoms with van der Waals surface area (Å²) >= 11 is 0. The van der Waals surface area contributed by atoms with Crippen molar-refractivity contribution in [2.45, 2.75) is 51.5 Å². The van der Waals surface area contributed by atoms with Crippen LogP contribution in [-0.4, -0.2) is 29.1 Å². The monoisotopic (exact) mass is 418 g/mol. The molecule has 27 heavy (non-hydrogen) atoms. The highest BCUT2D eigenvalue weighted by Crippen LogP contribution is 2.36. The zero-order valence-corrected chi connectivity index (χ0v) is 16.5. The van der Waals surface area contributed by atoms with E-state index >= 15 is 0 Å². The van der Waals surface area contributed by atoms with E-state index in [9.17, 15) is 26.3 Å². The van der Waals surface area contributed by atoms with Crippen LogP contribution in [0.5, 0.6) is 0 Å². The average molecular weight is 418 g/mol. The summed E-state index contributed by atoms with van der Waals surface area (Å²) in [5.74, 6) is 0. The van der Waals surface area contributed by atoms with E-state index in [2.05, 4.69) is 0 Å². The van der Waals surface area contributed by atoms with Gasteiger partial charge in [0.2, 0.25) is 0 Å². The molecule has 0 radical (unpaired) electrons. The summed E-state index contributed by atoms with van der Waals surface area (Å²) in [5, 5.41) is 0. The van der Waals surface area contributed by atoms with Crippen LogP contribution >= 0.6 is 0 Å². The fraction of sp³-hybridized carbons (Fsp3) is 0.647. The van der Waals surface area contributed by atoms with Gasteiger partial charge in [0.15, 0.2) is 0 Å². The first-order chi connectivity index (χ1) is 12.5. The number of rotatable bonds is 10. The predicted octanol–water partition coefficient (Wildman–Crippen LogP) is 5.71. The van der Waals surface area contributed by atoms with Gasteiger partial charge in [-0.25, -0.2) is 0 Å². The maximum Gasteiger partial charge on any atom is 0.500 e. The Morgan fingerprint density at radius 1 is 0.815 bits per heavy atom. The van der Waals surface area contributed by atoms with E-state index in [4.69, 9.17) is 13.3 Å². The Hall–Kier alpha value is -1.10. The number of unbranched alkanes of at least 4 members (excludes halogenated alkanes) is 1. The molecule has 0 atom stereocenters. The highest BCUT2D eigenvalue weighted by Gasteiger charge is 2.39. The van der Waals surface area contributed by atoms with Crippen molar-refractivity contribution in [3.05, 3.63) is 34.9 Å². The third-order valence-corrected chi connectivity index (χ3v) is 6.93. The van der Waals surface area contributed by atoms with Crippen molar-refractivity contribution < 1.29 is 39.6 Å².